The number of Topliss-reactive ketones (excluding diaryl/α,β-unsaturated/α-hetero) is 1. The third-order valence-corrected chi connectivity index (χ3v) is 4.94. The van der Waals surface area contributed by atoms with Crippen molar-refractivity contribution in [3.63, 3.8) is 0 Å². The van der Waals surface area contributed by atoms with Gasteiger partial charge in [0.15, 0.2) is 0 Å². The summed E-state index contributed by atoms with van der Waals surface area (Å²) in [7, 11) is 5.07. The summed E-state index contributed by atoms with van der Waals surface area (Å²) in [5.74, 6) is -1.55. The minimum absolute atomic E-state index is 0.199. The second-order valence-corrected chi connectivity index (χ2v) is 6.56. The number of morpholine rings is 1. The number of carbonyl (C=O) groups is 1. The maximum Gasteiger partial charge on any atom is 0.270 e. The van der Waals surface area contributed by atoms with Gasteiger partial charge in [0.2, 0.25) is 5.78 Å². The molecule has 0 amide bonds. The Labute approximate surface area is 153 Å². The van der Waals surface area contributed by atoms with Crippen molar-refractivity contribution in [2.24, 2.45) is 0 Å². The largest absolute Gasteiger partial charge is 0.379 e. The molecule has 136 valence electrons. The number of likely N-dealkylation sites (N-methyl/N-ethyl adjacent to an activating group) is 1. The fraction of sp³-hybridized carbons (Fsp3) is 0.421. The van der Waals surface area contributed by atoms with Gasteiger partial charge in [-0.2, -0.15) is 0 Å². The SMILES string of the molecule is CN1CCOCC1.COC(OC)(C(=O)c1ccccc1)c1cccs1. The van der Waals surface area contributed by atoms with Crippen molar-refractivity contribution >= 4 is 17.1 Å². The van der Waals surface area contributed by atoms with E-state index in [1.165, 1.54) is 25.6 Å². The number of hydrogen-bond acceptors (Lipinski definition) is 6. The zero-order valence-electron chi connectivity index (χ0n) is 14.9. The van der Waals surface area contributed by atoms with Crippen LogP contribution in [0.4, 0.5) is 0 Å². The molecule has 0 unspecified atom stereocenters. The van der Waals surface area contributed by atoms with Gasteiger partial charge < -0.3 is 19.1 Å². The van der Waals surface area contributed by atoms with Crippen LogP contribution in [0.15, 0.2) is 47.8 Å². The minimum Gasteiger partial charge on any atom is -0.379 e. The van der Waals surface area contributed by atoms with Crippen LogP contribution in [0.5, 0.6) is 0 Å². The van der Waals surface area contributed by atoms with Crippen molar-refractivity contribution in [2.75, 3.05) is 47.6 Å². The summed E-state index contributed by atoms with van der Waals surface area (Å²) in [5.41, 5.74) is 0.564. The van der Waals surface area contributed by atoms with Crippen LogP contribution in [0.25, 0.3) is 0 Å². The van der Waals surface area contributed by atoms with Crippen LogP contribution in [0.3, 0.4) is 0 Å². The lowest BCUT2D eigenvalue weighted by atomic mass is 10.0. The average Bonchev–Trinajstić information content (AvgIpc) is 3.20. The highest BCUT2D eigenvalue weighted by molar-refractivity contribution is 7.10. The Morgan fingerprint density at radius 2 is 1.72 bits per heavy atom. The van der Waals surface area contributed by atoms with E-state index in [0.717, 1.165) is 31.2 Å². The summed E-state index contributed by atoms with van der Waals surface area (Å²) in [4.78, 5) is 15.6. The quantitative estimate of drug-likeness (QED) is 0.604. The van der Waals surface area contributed by atoms with Crippen LogP contribution >= 0.6 is 11.3 Å². The molecule has 0 spiro atoms. The van der Waals surface area contributed by atoms with Crippen LogP contribution < -0.4 is 0 Å². The molecular weight excluding hydrogens is 338 g/mol. The Balaban J connectivity index is 0.000000269. The highest BCUT2D eigenvalue weighted by atomic mass is 32.1. The molecule has 0 bridgehead atoms. The molecule has 1 aromatic carbocycles. The molecule has 2 aromatic rings. The highest BCUT2D eigenvalue weighted by Gasteiger charge is 2.42. The first-order valence-corrected chi connectivity index (χ1v) is 9.02. The standard InChI is InChI=1S/C14H14O3S.C5H11NO/c1-16-14(17-2,12-9-6-10-18-12)13(15)11-7-4-3-5-8-11;1-6-2-4-7-5-3-6/h3-10H,1-2H3;2-5H2,1H3. The summed E-state index contributed by atoms with van der Waals surface area (Å²) in [6, 6.07) is 12.7. The Hall–Kier alpha value is -1.57. The lowest BCUT2D eigenvalue weighted by Crippen LogP contribution is -2.39. The predicted octanol–water partition coefficient (Wildman–Crippen LogP) is 3.03. The Bertz CT molecular complexity index is 620. The number of carbonyl (C=O) groups excluding carboxylic acids is 1. The van der Waals surface area contributed by atoms with Gasteiger partial charge >= 0.3 is 0 Å². The molecule has 0 aliphatic carbocycles. The van der Waals surface area contributed by atoms with Gasteiger partial charge in [-0.15, -0.1) is 11.3 Å². The summed E-state index contributed by atoms with van der Waals surface area (Å²) in [6.07, 6.45) is 0. The number of nitrogens with zero attached hydrogens (tertiary/aromatic N) is 1. The van der Waals surface area contributed by atoms with Gasteiger partial charge in [-0.25, -0.2) is 0 Å². The molecule has 1 aliphatic rings. The Morgan fingerprint density at radius 1 is 1.08 bits per heavy atom. The topological polar surface area (TPSA) is 48.0 Å². The number of hydrogen-bond donors (Lipinski definition) is 0. The maximum absolute atomic E-state index is 12.6. The maximum atomic E-state index is 12.6. The summed E-state index contributed by atoms with van der Waals surface area (Å²) < 4.78 is 15.9. The van der Waals surface area contributed by atoms with Gasteiger partial charge in [0.05, 0.1) is 18.1 Å². The summed E-state index contributed by atoms with van der Waals surface area (Å²) in [6.45, 7) is 4.02. The van der Waals surface area contributed by atoms with Crippen molar-refractivity contribution in [3.8, 4) is 0 Å². The third-order valence-electron chi connectivity index (χ3n) is 3.99. The average molecular weight is 363 g/mol. The first-order valence-electron chi connectivity index (χ1n) is 8.14. The molecular formula is C19H25NO4S. The monoisotopic (exact) mass is 363 g/mol. The first kappa shape index (κ1) is 19.8. The van der Waals surface area contributed by atoms with Crippen LogP contribution in [-0.4, -0.2) is 58.3 Å². The van der Waals surface area contributed by atoms with E-state index in [2.05, 4.69) is 11.9 Å². The van der Waals surface area contributed by atoms with E-state index in [1.54, 1.807) is 12.1 Å². The lowest BCUT2D eigenvalue weighted by Gasteiger charge is -2.28. The lowest BCUT2D eigenvalue weighted by molar-refractivity contribution is -0.174. The second-order valence-electron chi connectivity index (χ2n) is 5.61. The predicted molar refractivity (Wildman–Crippen MR) is 99.1 cm³/mol. The number of thiophene rings is 1. The molecule has 5 nitrogen and oxygen atoms in total. The molecule has 0 N–H and O–H groups in total. The minimum atomic E-state index is -1.35. The van der Waals surface area contributed by atoms with E-state index in [4.69, 9.17) is 14.2 Å². The normalized spacial score (nSPS) is 15.3. The van der Waals surface area contributed by atoms with Gasteiger partial charge in [0, 0.05) is 32.9 Å². The fourth-order valence-corrected chi connectivity index (χ4v) is 3.36. The highest BCUT2D eigenvalue weighted by Crippen LogP contribution is 2.33. The molecule has 1 aromatic heterocycles. The number of ether oxygens (including phenoxy) is 3. The molecule has 0 saturated carbocycles. The van der Waals surface area contributed by atoms with E-state index >= 15 is 0 Å². The Kier molecular flexibility index (Phi) is 7.74. The third kappa shape index (κ3) is 4.96. The van der Waals surface area contributed by atoms with Gasteiger partial charge in [0.25, 0.3) is 5.79 Å². The molecule has 1 saturated heterocycles. The number of methoxy groups -OCH3 is 2. The molecule has 2 heterocycles. The molecule has 0 atom stereocenters. The van der Waals surface area contributed by atoms with Crippen molar-refractivity contribution in [1.82, 2.24) is 4.90 Å². The van der Waals surface area contributed by atoms with Gasteiger partial charge in [-0.3, -0.25) is 4.79 Å². The molecule has 0 radical (unpaired) electrons. The van der Waals surface area contributed by atoms with Crippen molar-refractivity contribution in [2.45, 2.75) is 5.79 Å². The number of ketones is 1. The van der Waals surface area contributed by atoms with Crippen LogP contribution in [-0.2, 0) is 20.0 Å². The number of benzene rings is 1. The number of rotatable bonds is 5. The van der Waals surface area contributed by atoms with E-state index < -0.39 is 5.79 Å². The van der Waals surface area contributed by atoms with Gasteiger partial charge in [0.1, 0.15) is 0 Å². The zero-order chi connectivity index (χ0) is 18.1. The van der Waals surface area contributed by atoms with Gasteiger partial charge in [-0.05, 0) is 18.5 Å². The van der Waals surface area contributed by atoms with Crippen molar-refractivity contribution < 1.29 is 19.0 Å². The van der Waals surface area contributed by atoms with Crippen molar-refractivity contribution in [3.05, 3.63) is 58.3 Å². The fourth-order valence-electron chi connectivity index (χ4n) is 2.48. The van der Waals surface area contributed by atoms with E-state index in [9.17, 15) is 4.79 Å². The van der Waals surface area contributed by atoms with E-state index in [0.29, 0.717) is 5.56 Å². The summed E-state index contributed by atoms with van der Waals surface area (Å²) >= 11 is 1.43. The van der Waals surface area contributed by atoms with Gasteiger partial charge in [-0.1, -0.05) is 36.4 Å². The molecule has 3 rings (SSSR count). The second kappa shape index (κ2) is 9.79. The smallest absolute Gasteiger partial charge is 0.270 e. The van der Waals surface area contributed by atoms with E-state index in [1.807, 2.05) is 35.7 Å². The van der Waals surface area contributed by atoms with Crippen molar-refractivity contribution in [1.29, 1.82) is 0 Å². The first-order chi connectivity index (χ1) is 12.1. The molecule has 25 heavy (non-hydrogen) atoms. The van der Waals surface area contributed by atoms with Crippen LogP contribution in [0, 0.1) is 0 Å². The van der Waals surface area contributed by atoms with Crippen LogP contribution in [0.2, 0.25) is 0 Å². The molecule has 6 heteroatoms. The zero-order valence-corrected chi connectivity index (χ0v) is 15.8. The molecule has 1 aliphatic heterocycles. The van der Waals surface area contributed by atoms with Crippen LogP contribution in [0.1, 0.15) is 15.2 Å². The molecule has 1 fully saturated rings. The summed E-state index contributed by atoms with van der Waals surface area (Å²) in [5, 5.41) is 1.89. The Morgan fingerprint density at radius 3 is 2.16 bits per heavy atom. The van der Waals surface area contributed by atoms with E-state index in [-0.39, 0.29) is 5.78 Å².